The van der Waals surface area contributed by atoms with Gasteiger partial charge in [0, 0.05) is 19.6 Å². The molecular formula is C14H25N3O3S. The minimum atomic E-state index is -3.42. The first-order valence-electron chi connectivity index (χ1n) is 7.34. The average molecular weight is 315 g/mol. The van der Waals surface area contributed by atoms with Crippen LogP contribution in [-0.4, -0.2) is 51.4 Å². The van der Waals surface area contributed by atoms with Crippen molar-refractivity contribution in [2.24, 2.45) is 5.92 Å². The van der Waals surface area contributed by atoms with E-state index in [2.05, 4.69) is 11.6 Å². The van der Waals surface area contributed by atoms with Crippen LogP contribution in [0, 0.1) is 5.92 Å². The van der Waals surface area contributed by atoms with Crippen LogP contribution in [0.4, 0.5) is 0 Å². The minimum Gasteiger partial charge on any atom is -0.468 e. The predicted octanol–water partition coefficient (Wildman–Crippen LogP) is 1.45. The highest BCUT2D eigenvalue weighted by Crippen LogP contribution is 2.20. The summed E-state index contributed by atoms with van der Waals surface area (Å²) >= 11 is 0. The second-order valence-electron chi connectivity index (χ2n) is 5.95. The molecule has 2 rings (SSSR count). The molecule has 0 unspecified atom stereocenters. The van der Waals surface area contributed by atoms with Crippen molar-refractivity contribution in [2.45, 2.75) is 25.8 Å². The number of piperidine rings is 1. The Hall–Kier alpha value is -0.890. The number of nitrogens with one attached hydrogen (secondary N) is 1. The molecule has 2 heterocycles. The van der Waals surface area contributed by atoms with Gasteiger partial charge in [-0.05, 0) is 45.0 Å². The monoisotopic (exact) mass is 315 g/mol. The van der Waals surface area contributed by atoms with E-state index in [0.717, 1.165) is 18.6 Å². The normalized spacial score (nSPS) is 22.6. The van der Waals surface area contributed by atoms with Crippen molar-refractivity contribution in [3.63, 3.8) is 0 Å². The maximum absolute atomic E-state index is 12.4. The lowest BCUT2D eigenvalue weighted by Crippen LogP contribution is -2.47. The Bertz CT molecular complexity index is 528. The molecule has 1 fully saturated rings. The van der Waals surface area contributed by atoms with Gasteiger partial charge in [-0.3, -0.25) is 4.90 Å². The lowest BCUT2D eigenvalue weighted by atomic mass is 10.0. The lowest BCUT2D eigenvalue weighted by molar-refractivity contribution is 0.251. The second-order valence-corrected chi connectivity index (χ2v) is 7.71. The fourth-order valence-electron chi connectivity index (χ4n) is 2.66. The van der Waals surface area contributed by atoms with Crippen LogP contribution in [0.3, 0.4) is 0 Å². The molecular weight excluding hydrogens is 290 g/mol. The number of likely N-dealkylation sites (N-methyl/N-ethyl adjacent to an activating group) is 1. The molecule has 0 radical (unpaired) electrons. The van der Waals surface area contributed by atoms with Crippen LogP contribution in [0.2, 0.25) is 0 Å². The van der Waals surface area contributed by atoms with E-state index < -0.39 is 10.2 Å². The van der Waals surface area contributed by atoms with Gasteiger partial charge in [0.1, 0.15) is 5.76 Å². The van der Waals surface area contributed by atoms with E-state index in [1.54, 1.807) is 10.6 Å². The van der Waals surface area contributed by atoms with Crippen LogP contribution < -0.4 is 4.72 Å². The van der Waals surface area contributed by atoms with E-state index in [1.165, 1.54) is 0 Å². The van der Waals surface area contributed by atoms with Crippen LogP contribution in [0.25, 0.3) is 0 Å². The number of nitrogens with zero attached hydrogens (tertiary/aromatic N) is 2. The third-order valence-electron chi connectivity index (χ3n) is 3.91. The lowest BCUT2D eigenvalue weighted by Gasteiger charge is -2.31. The molecule has 7 heteroatoms. The maximum atomic E-state index is 12.4. The molecule has 1 saturated heterocycles. The van der Waals surface area contributed by atoms with Gasteiger partial charge in [0.2, 0.25) is 0 Å². The van der Waals surface area contributed by atoms with Gasteiger partial charge in [0.05, 0.1) is 12.3 Å². The molecule has 120 valence electrons. The van der Waals surface area contributed by atoms with Gasteiger partial charge < -0.3 is 4.42 Å². The molecule has 0 saturated carbocycles. The molecule has 0 aromatic carbocycles. The molecule has 6 nitrogen and oxygen atoms in total. The van der Waals surface area contributed by atoms with Crippen LogP contribution in [0.15, 0.2) is 22.8 Å². The molecule has 21 heavy (non-hydrogen) atoms. The zero-order chi connectivity index (χ0) is 15.5. The molecule has 1 aromatic rings. The van der Waals surface area contributed by atoms with E-state index >= 15 is 0 Å². The van der Waals surface area contributed by atoms with Gasteiger partial charge in [0.25, 0.3) is 10.2 Å². The van der Waals surface area contributed by atoms with Gasteiger partial charge >= 0.3 is 0 Å². The third kappa shape index (κ3) is 4.29. The van der Waals surface area contributed by atoms with Gasteiger partial charge in [0.15, 0.2) is 0 Å². The summed E-state index contributed by atoms with van der Waals surface area (Å²) < 4.78 is 34.4. The summed E-state index contributed by atoms with van der Waals surface area (Å²) in [5, 5.41) is 0. The molecule has 1 aliphatic heterocycles. The van der Waals surface area contributed by atoms with Crippen LogP contribution in [-0.2, 0) is 10.2 Å². The maximum Gasteiger partial charge on any atom is 0.279 e. The van der Waals surface area contributed by atoms with Crippen molar-refractivity contribution in [1.29, 1.82) is 0 Å². The Morgan fingerprint density at radius 1 is 1.52 bits per heavy atom. The van der Waals surface area contributed by atoms with Gasteiger partial charge in [-0.1, -0.05) is 6.92 Å². The molecule has 1 N–H and O–H groups in total. The van der Waals surface area contributed by atoms with Crippen molar-refractivity contribution in [3.05, 3.63) is 24.2 Å². The zero-order valence-electron chi connectivity index (χ0n) is 12.9. The summed E-state index contributed by atoms with van der Waals surface area (Å²) in [6.45, 7) is 3.59. The first-order valence-corrected chi connectivity index (χ1v) is 8.78. The highest BCUT2D eigenvalue weighted by molar-refractivity contribution is 7.87. The highest BCUT2D eigenvalue weighted by atomic mass is 32.2. The number of furan rings is 1. The quantitative estimate of drug-likeness (QED) is 0.863. The number of hydrogen-bond acceptors (Lipinski definition) is 4. The summed E-state index contributed by atoms with van der Waals surface area (Å²) in [5.74, 6) is 1.18. The fourth-order valence-corrected chi connectivity index (χ4v) is 4.03. The molecule has 1 aliphatic rings. The summed E-state index contributed by atoms with van der Waals surface area (Å²) in [6, 6.07) is 3.56. The standard InChI is InChI=1S/C14H25N3O3S/c1-12-6-4-8-17(11-12)21(18,19)15-10-13(16(2)3)14-7-5-9-20-14/h5,7,9,12-13,15H,4,6,8,10-11H2,1-3H3/t12-,13-/m1/s1. The van der Waals surface area contributed by atoms with E-state index in [1.807, 2.05) is 31.1 Å². The largest absolute Gasteiger partial charge is 0.468 e. The highest BCUT2D eigenvalue weighted by Gasteiger charge is 2.28. The number of hydrogen-bond donors (Lipinski definition) is 1. The van der Waals surface area contributed by atoms with Crippen molar-refractivity contribution >= 4 is 10.2 Å². The van der Waals surface area contributed by atoms with Crippen LogP contribution in [0.1, 0.15) is 31.6 Å². The van der Waals surface area contributed by atoms with Gasteiger partial charge in [-0.25, -0.2) is 4.72 Å². The van der Waals surface area contributed by atoms with Crippen LogP contribution in [0.5, 0.6) is 0 Å². The molecule has 0 spiro atoms. The van der Waals surface area contributed by atoms with Gasteiger partial charge in [-0.15, -0.1) is 0 Å². The van der Waals surface area contributed by atoms with Crippen molar-refractivity contribution in [3.8, 4) is 0 Å². The molecule has 2 atom stereocenters. The molecule has 0 aliphatic carbocycles. The van der Waals surface area contributed by atoms with Gasteiger partial charge in [-0.2, -0.15) is 12.7 Å². The Kier molecular flexibility index (Phi) is 5.43. The first-order chi connectivity index (χ1) is 9.90. The third-order valence-corrected chi connectivity index (χ3v) is 5.46. The Morgan fingerprint density at radius 3 is 2.86 bits per heavy atom. The second kappa shape index (κ2) is 6.91. The fraction of sp³-hybridized carbons (Fsp3) is 0.714. The van der Waals surface area contributed by atoms with E-state index in [4.69, 9.17) is 4.42 Å². The van der Waals surface area contributed by atoms with Crippen molar-refractivity contribution in [1.82, 2.24) is 13.9 Å². The van der Waals surface area contributed by atoms with E-state index in [0.29, 0.717) is 25.6 Å². The number of rotatable bonds is 6. The van der Waals surface area contributed by atoms with E-state index in [-0.39, 0.29) is 6.04 Å². The minimum absolute atomic E-state index is 0.114. The Labute approximate surface area is 127 Å². The summed E-state index contributed by atoms with van der Waals surface area (Å²) in [4.78, 5) is 1.94. The zero-order valence-corrected chi connectivity index (χ0v) is 13.8. The Balaban J connectivity index is 1.99. The topological polar surface area (TPSA) is 65.8 Å². The van der Waals surface area contributed by atoms with E-state index in [9.17, 15) is 8.42 Å². The van der Waals surface area contributed by atoms with Crippen LogP contribution >= 0.6 is 0 Å². The van der Waals surface area contributed by atoms with Crippen molar-refractivity contribution in [2.75, 3.05) is 33.7 Å². The smallest absolute Gasteiger partial charge is 0.279 e. The predicted molar refractivity (Wildman–Crippen MR) is 82.0 cm³/mol. The average Bonchev–Trinajstić information content (AvgIpc) is 2.92. The summed E-state index contributed by atoms with van der Waals surface area (Å²) in [7, 11) is 0.393. The molecule has 0 bridgehead atoms. The molecule has 0 amide bonds. The Morgan fingerprint density at radius 2 is 2.29 bits per heavy atom. The molecule has 1 aromatic heterocycles. The SMILES string of the molecule is C[C@@H]1CCCN(S(=O)(=O)NC[C@H](c2ccco2)N(C)C)C1. The summed E-state index contributed by atoms with van der Waals surface area (Å²) in [6.07, 6.45) is 3.63. The first kappa shape index (κ1) is 16.5. The summed E-state index contributed by atoms with van der Waals surface area (Å²) in [5.41, 5.74) is 0. The van der Waals surface area contributed by atoms with Crippen molar-refractivity contribution < 1.29 is 12.8 Å².